The van der Waals surface area contributed by atoms with E-state index in [2.05, 4.69) is 0 Å². The van der Waals surface area contributed by atoms with Crippen LogP contribution in [0.5, 0.6) is 5.75 Å². The highest BCUT2D eigenvalue weighted by atomic mass is 19.3. The van der Waals surface area contributed by atoms with Gasteiger partial charge in [0.15, 0.2) is 0 Å². The Labute approximate surface area is 110 Å². The number of ether oxygens (including phenoxy) is 1. The Morgan fingerprint density at radius 1 is 1.42 bits per heavy atom. The van der Waals surface area contributed by atoms with Gasteiger partial charge in [0.1, 0.15) is 11.3 Å². The van der Waals surface area contributed by atoms with Crippen molar-refractivity contribution >= 4 is 5.97 Å². The molecule has 0 aliphatic carbocycles. The van der Waals surface area contributed by atoms with E-state index in [0.29, 0.717) is 18.7 Å². The normalized spacial score (nSPS) is 11.0. The lowest BCUT2D eigenvalue weighted by Crippen LogP contribution is -2.26. The molecule has 1 aromatic carbocycles. The summed E-state index contributed by atoms with van der Waals surface area (Å²) in [6, 6.07) is 6.34. The molecule has 0 aromatic heterocycles. The maximum Gasteiger partial charge on any atom is 0.339 e. The summed E-state index contributed by atoms with van der Waals surface area (Å²) in [6.07, 6.45) is -1.80. The maximum atomic E-state index is 12.1. The predicted octanol–water partition coefficient (Wildman–Crippen LogP) is 2.35. The predicted molar refractivity (Wildman–Crippen MR) is 67.0 cm³/mol. The summed E-state index contributed by atoms with van der Waals surface area (Å²) in [4.78, 5) is 12.4. The number of hydrogen-bond acceptors (Lipinski definition) is 3. The number of hydrogen-bond donors (Lipinski definition) is 1. The van der Waals surface area contributed by atoms with Crippen LogP contribution in [0.25, 0.3) is 0 Å². The van der Waals surface area contributed by atoms with Crippen LogP contribution in [0.2, 0.25) is 0 Å². The minimum atomic E-state index is -2.35. The Hall–Kier alpha value is -1.69. The zero-order chi connectivity index (χ0) is 14.3. The zero-order valence-electron chi connectivity index (χ0n) is 10.7. The lowest BCUT2D eigenvalue weighted by atomic mass is 10.2. The van der Waals surface area contributed by atoms with Crippen molar-refractivity contribution in [1.82, 2.24) is 4.90 Å². The topological polar surface area (TPSA) is 49.8 Å². The first-order valence-corrected chi connectivity index (χ1v) is 5.92. The number of carbonyl (C=O) groups is 1. The first kappa shape index (κ1) is 15.4. The first-order chi connectivity index (χ1) is 9.00. The molecule has 106 valence electrons. The number of carboxylic acids is 1. The molecule has 0 saturated carbocycles. The molecule has 0 aliphatic rings. The quantitative estimate of drug-likeness (QED) is 0.739. The number of benzene rings is 1. The Kier molecular flexibility index (Phi) is 6.21. The molecule has 1 aromatic rings. The third-order valence-electron chi connectivity index (χ3n) is 2.51. The summed E-state index contributed by atoms with van der Waals surface area (Å²) in [5.74, 6) is -0.753. The van der Waals surface area contributed by atoms with Gasteiger partial charge in [0.2, 0.25) is 0 Å². The van der Waals surface area contributed by atoms with Crippen LogP contribution < -0.4 is 4.74 Å². The van der Waals surface area contributed by atoms with Crippen LogP contribution in [0.3, 0.4) is 0 Å². The van der Waals surface area contributed by atoms with Gasteiger partial charge in [-0.2, -0.15) is 0 Å². The van der Waals surface area contributed by atoms with Crippen molar-refractivity contribution in [2.45, 2.75) is 12.8 Å². The van der Waals surface area contributed by atoms with Gasteiger partial charge in [-0.05, 0) is 25.6 Å². The SMILES string of the molecule is CN(CCCOc1ccccc1C(=O)O)CC(F)F. The number of rotatable bonds is 8. The number of carboxylic acid groups (broad SMARTS) is 1. The van der Waals surface area contributed by atoms with E-state index in [-0.39, 0.29) is 18.7 Å². The number of para-hydroxylation sites is 1. The molecular formula is C13H17F2NO3. The average molecular weight is 273 g/mol. The molecule has 0 bridgehead atoms. The molecule has 19 heavy (non-hydrogen) atoms. The molecule has 0 aliphatic heterocycles. The minimum absolute atomic E-state index is 0.100. The van der Waals surface area contributed by atoms with Gasteiger partial charge in [0.25, 0.3) is 6.43 Å². The van der Waals surface area contributed by atoms with E-state index in [0.717, 1.165) is 0 Å². The number of nitrogens with zero attached hydrogens (tertiary/aromatic N) is 1. The Morgan fingerprint density at radius 2 is 2.11 bits per heavy atom. The van der Waals surface area contributed by atoms with E-state index in [4.69, 9.17) is 9.84 Å². The molecule has 1 N–H and O–H groups in total. The lowest BCUT2D eigenvalue weighted by Gasteiger charge is -2.16. The lowest BCUT2D eigenvalue weighted by molar-refractivity contribution is 0.0691. The smallest absolute Gasteiger partial charge is 0.339 e. The van der Waals surface area contributed by atoms with Gasteiger partial charge in [0.05, 0.1) is 13.2 Å². The van der Waals surface area contributed by atoms with Crippen molar-refractivity contribution in [3.05, 3.63) is 29.8 Å². The molecule has 0 unspecified atom stereocenters. The summed E-state index contributed by atoms with van der Waals surface area (Å²) in [7, 11) is 1.61. The summed E-state index contributed by atoms with van der Waals surface area (Å²) in [6.45, 7) is 0.489. The van der Waals surface area contributed by atoms with Crippen LogP contribution in [-0.2, 0) is 0 Å². The molecular weight excluding hydrogens is 256 g/mol. The highest BCUT2D eigenvalue weighted by Crippen LogP contribution is 2.17. The van der Waals surface area contributed by atoms with Gasteiger partial charge in [-0.3, -0.25) is 0 Å². The summed E-state index contributed by atoms with van der Waals surface area (Å²) < 4.78 is 29.5. The second-order valence-electron chi connectivity index (χ2n) is 4.16. The standard InChI is InChI=1S/C13H17F2NO3/c1-16(9-12(14)15)7-4-8-19-11-6-3-2-5-10(11)13(17)18/h2-3,5-6,12H,4,7-9H2,1H3,(H,17,18). The van der Waals surface area contributed by atoms with Crippen LogP contribution in [0, 0.1) is 0 Å². The van der Waals surface area contributed by atoms with Gasteiger partial charge in [0, 0.05) is 6.54 Å². The largest absolute Gasteiger partial charge is 0.493 e. The maximum absolute atomic E-state index is 12.1. The summed E-state index contributed by atoms with van der Waals surface area (Å²) in [5, 5.41) is 8.94. The third kappa shape index (κ3) is 5.65. The van der Waals surface area contributed by atoms with E-state index in [1.54, 1.807) is 25.2 Å². The van der Waals surface area contributed by atoms with E-state index >= 15 is 0 Å². The monoisotopic (exact) mass is 273 g/mol. The van der Waals surface area contributed by atoms with Crippen LogP contribution in [0.4, 0.5) is 8.78 Å². The molecule has 0 atom stereocenters. The summed E-state index contributed by atoms with van der Waals surface area (Å²) in [5.41, 5.74) is 0.100. The van der Waals surface area contributed by atoms with E-state index in [9.17, 15) is 13.6 Å². The van der Waals surface area contributed by atoms with Crippen molar-refractivity contribution < 1.29 is 23.4 Å². The first-order valence-electron chi connectivity index (χ1n) is 5.92. The van der Waals surface area contributed by atoms with Crippen molar-refractivity contribution in [2.24, 2.45) is 0 Å². The van der Waals surface area contributed by atoms with Gasteiger partial charge in [-0.25, -0.2) is 13.6 Å². The zero-order valence-corrected chi connectivity index (χ0v) is 10.7. The molecule has 0 radical (unpaired) electrons. The van der Waals surface area contributed by atoms with E-state index in [1.807, 2.05) is 0 Å². The van der Waals surface area contributed by atoms with Crippen LogP contribution >= 0.6 is 0 Å². The molecule has 0 fully saturated rings. The van der Waals surface area contributed by atoms with Crippen LogP contribution in [-0.4, -0.2) is 49.1 Å². The average Bonchev–Trinajstić information content (AvgIpc) is 2.34. The molecule has 6 heteroatoms. The Balaban J connectivity index is 2.35. The van der Waals surface area contributed by atoms with Crippen molar-refractivity contribution in [1.29, 1.82) is 0 Å². The number of aromatic carboxylic acids is 1. The van der Waals surface area contributed by atoms with Crippen molar-refractivity contribution in [2.75, 3.05) is 26.7 Å². The van der Waals surface area contributed by atoms with Crippen molar-refractivity contribution in [3.63, 3.8) is 0 Å². The fourth-order valence-electron chi connectivity index (χ4n) is 1.61. The van der Waals surface area contributed by atoms with Crippen molar-refractivity contribution in [3.8, 4) is 5.75 Å². The van der Waals surface area contributed by atoms with E-state index < -0.39 is 12.4 Å². The highest BCUT2D eigenvalue weighted by Gasteiger charge is 2.10. The van der Waals surface area contributed by atoms with Crippen LogP contribution in [0.15, 0.2) is 24.3 Å². The summed E-state index contributed by atoms with van der Waals surface area (Å²) >= 11 is 0. The van der Waals surface area contributed by atoms with Gasteiger partial charge < -0.3 is 14.7 Å². The molecule has 0 heterocycles. The number of halogens is 2. The van der Waals surface area contributed by atoms with E-state index in [1.165, 1.54) is 11.0 Å². The van der Waals surface area contributed by atoms with Gasteiger partial charge in [-0.15, -0.1) is 0 Å². The number of alkyl halides is 2. The molecule has 4 nitrogen and oxygen atoms in total. The van der Waals surface area contributed by atoms with Gasteiger partial charge >= 0.3 is 5.97 Å². The Morgan fingerprint density at radius 3 is 2.74 bits per heavy atom. The molecule has 0 saturated heterocycles. The minimum Gasteiger partial charge on any atom is -0.493 e. The molecule has 0 spiro atoms. The van der Waals surface area contributed by atoms with Gasteiger partial charge in [-0.1, -0.05) is 12.1 Å². The fraction of sp³-hybridized carbons (Fsp3) is 0.462. The molecule has 0 amide bonds. The fourth-order valence-corrected chi connectivity index (χ4v) is 1.61. The second-order valence-corrected chi connectivity index (χ2v) is 4.16. The third-order valence-corrected chi connectivity index (χ3v) is 2.51. The molecule has 1 rings (SSSR count). The van der Waals surface area contributed by atoms with Crippen LogP contribution in [0.1, 0.15) is 16.8 Å². The Bertz CT molecular complexity index is 413. The highest BCUT2D eigenvalue weighted by molar-refractivity contribution is 5.90. The second kappa shape index (κ2) is 7.68.